The highest BCUT2D eigenvalue weighted by atomic mass is 16.2. The molecule has 5 rings (SSSR count). The Morgan fingerprint density at radius 2 is 2.11 bits per heavy atom. The Bertz CT molecular complexity index is 757. The monoisotopic (exact) mass is 372 g/mol. The molecular weight excluding hydrogens is 344 g/mol. The van der Waals surface area contributed by atoms with E-state index < -0.39 is 0 Å². The van der Waals surface area contributed by atoms with Crippen LogP contribution >= 0.6 is 0 Å². The lowest BCUT2D eigenvalue weighted by molar-refractivity contribution is -0.134. The molecule has 2 amide bonds. The molecule has 27 heavy (non-hydrogen) atoms. The van der Waals surface area contributed by atoms with Crippen molar-refractivity contribution in [3.8, 4) is 0 Å². The van der Waals surface area contributed by atoms with Crippen LogP contribution in [-0.2, 0) is 22.7 Å². The second-order valence-electron chi connectivity index (χ2n) is 8.56. The first-order chi connectivity index (χ1) is 13.2. The molecular formula is C19H28N6O2. The van der Waals surface area contributed by atoms with Crippen LogP contribution in [0.5, 0.6) is 0 Å². The van der Waals surface area contributed by atoms with Crippen molar-refractivity contribution in [1.82, 2.24) is 25.5 Å². The third-order valence-corrected chi connectivity index (χ3v) is 6.97. The number of nitrogens with one attached hydrogen (secondary N) is 2. The highest BCUT2D eigenvalue weighted by Crippen LogP contribution is 2.43. The van der Waals surface area contributed by atoms with Gasteiger partial charge in [-0.05, 0) is 49.5 Å². The number of rotatable bonds is 3. The van der Waals surface area contributed by atoms with Gasteiger partial charge < -0.3 is 10.6 Å². The lowest BCUT2D eigenvalue weighted by atomic mass is 9.68. The minimum atomic E-state index is 0.0513. The number of hydrogen-bond donors (Lipinski definition) is 3. The topological polar surface area (TPSA) is 105 Å². The molecule has 4 aliphatic rings. The highest BCUT2D eigenvalue weighted by molar-refractivity contribution is 5.81. The quantitative estimate of drug-likeness (QED) is 0.698. The van der Waals surface area contributed by atoms with E-state index in [1.54, 1.807) is 0 Å². The summed E-state index contributed by atoms with van der Waals surface area (Å²) in [4.78, 5) is 26.8. The third kappa shape index (κ3) is 2.95. The van der Waals surface area contributed by atoms with E-state index in [9.17, 15) is 9.59 Å². The summed E-state index contributed by atoms with van der Waals surface area (Å²) < 4.78 is 2.07. The zero-order valence-corrected chi connectivity index (χ0v) is 15.6. The smallest absolute Gasteiger partial charge is 0.237 e. The highest BCUT2D eigenvalue weighted by Gasteiger charge is 2.43. The predicted octanol–water partition coefficient (Wildman–Crippen LogP) is 0.0969. The van der Waals surface area contributed by atoms with Crippen molar-refractivity contribution in [3.63, 3.8) is 0 Å². The lowest BCUT2D eigenvalue weighted by Gasteiger charge is -2.43. The molecule has 2 aliphatic carbocycles. The minimum absolute atomic E-state index is 0.0513. The third-order valence-electron chi connectivity index (χ3n) is 6.97. The summed E-state index contributed by atoms with van der Waals surface area (Å²) in [6.45, 7) is 2.73. The maximum absolute atomic E-state index is 12.5. The molecule has 1 aromatic heterocycles. The van der Waals surface area contributed by atoms with Gasteiger partial charge in [-0.15, -0.1) is 0 Å². The molecule has 4 N–H and O–H groups in total. The molecule has 0 radical (unpaired) electrons. The second-order valence-corrected chi connectivity index (χ2v) is 8.56. The van der Waals surface area contributed by atoms with Crippen molar-refractivity contribution >= 4 is 11.8 Å². The van der Waals surface area contributed by atoms with Gasteiger partial charge in [-0.3, -0.25) is 19.7 Å². The number of fused-ring (bicyclic) bond motifs is 2. The van der Waals surface area contributed by atoms with Gasteiger partial charge in [-0.25, -0.2) is 5.43 Å². The van der Waals surface area contributed by atoms with Gasteiger partial charge in [-0.2, -0.15) is 5.10 Å². The summed E-state index contributed by atoms with van der Waals surface area (Å²) >= 11 is 0. The molecule has 3 heterocycles. The van der Waals surface area contributed by atoms with Gasteiger partial charge in [0.05, 0.1) is 25.0 Å². The summed E-state index contributed by atoms with van der Waals surface area (Å²) in [5, 5.41) is 4.60. The van der Waals surface area contributed by atoms with Gasteiger partial charge in [0.25, 0.3) is 0 Å². The standard InChI is InChI=1S/C19H28N6O2/c20-8-16-14-7-12(3-4-13(14)18(26)23-22-16)15-9-21-25-6-5-24(10-17(15)25)19(27)11-1-2-11/h9,11-14,16,22H,1-8,10,20H2,(H,23,26). The van der Waals surface area contributed by atoms with Crippen LogP contribution < -0.4 is 16.6 Å². The molecule has 0 aromatic carbocycles. The van der Waals surface area contributed by atoms with E-state index >= 15 is 0 Å². The molecule has 146 valence electrons. The van der Waals surface area contributed by atoms with E-state index in [0.29, 0.717) is 24.9 Å². The van der Waals surface area contributed by atoms with Gasteiger partial charge in [0.1, 0.15) is 0 Å². The molecule has 2 aliphatic heterocycles. The SMILES string of the molecule is NCC1NNC(=O)C2CCC(c3cnn4c3CN(C(=O)C3CC3)CC4)CC12. The van der Waals surface area contributed by atoms with Crippen LogP contribution in [0.25, 0.3) is 0 Å². The van der Waals surface area contributed by atoms with E-state index in [2.05, 4.69) is 20.6 Å². The lowest BCUT2D eigenvalue weighted by Crippen LogP contribution is -2.62. The largest absolute Gasteiger partial charge is 0.335 e. The Labute approximate surface area is 158 Å². The number of carbonyl (C=O) groups is 2. The van der Waals surface area contributed by atoms with Crippen LogP contribution in [0.2, 0.25) is 0 Å². The number of hydrazine groups is 1. The fourth-order valence-corrected chi connectivity index (χ4v) is 5.24. The number of nitrogens with two attached hydrogens (primary N) is 1. The fourth-order valence-electron chi connectivity index (χ4n) is 5.24. The van der Waals surface area contributed by atoms with E-state index in [0.717, 1.165) is 45.2 Å². The van der Waals surface area contributed by atoms with Crippen molar-refractivity contribution in [2.45, 2.75) is 57.2 Å². The van der Waals surface area contributed by atoms with E-state index in [4.69, 9.17) is 5.73 Å². The Morgan fingerprint density at radius 3 is 2.89 bits per heavy atom. The predicted molar refractivity (Wildman–Crippen MR) is 98.1 cm³/mol. The van der Waals surface area contributed by atoms with Crippen LogP contribution in [0.1, 0.15) is 49.3 Å². The summed E-state index contributed by atoms with van der Waals surface area (Å²) in [6.07, 6.45) is 6.91. The number of carbonyl (C=O) groups excluding carboxylic acids is 2. The Kier molecular flexibility index (Phi) is 4.20. The maximum atomic E-state index is 12.5. The minimum Gasteiger partial charge on any atom is -0.335 e. The van der Waals surface area contributed by atoms with Crippen LogP contribution in [0.3, 0.4) is 0 Å². The first-order valence-corrected chi connectivity index (χ1v) is 10.2. The first kappa shape index (κ1) is 17.2. The van der Waals surface area contributed by atoms with Gasteiger partial charge >= 0.3 is 0 Å². The van der Waals surface area contributed by atoms with Gasteiger partial charge in [-0.1, -0.05) is 0 Å². The fraction of sp³-hybridized carbons (Fsp3) is 0.737. The van der Waals surface area contributed by atoms with Gasteiger partial charge in [0.15, 0.2) is 0 Å². The van der Waals surface area contributed by atoms with Crippen molar-refractivity contribution in [2.24, 2.45) is 23.5 Å². The first-order valence-electron chi connectivity index (χ1n) is 10.2. The summed E-state index contributed by atoms with van der Waals surface area (Å²) in [5.74, 6) is 1.36. The number of amides is 2. The number of aromatic nitrogens is 2. The van der Waals surface area contributed by atoms with E-state index in [1.165, 1.54) is 11.3 Å². The zero-order valence-electron chi connectivity index (χ0n) is 15.6. The zero-order chi connectivity index (χ0) is 18.5. The summed E-state index contributed by atoms with van der Waals surface area (Å²) in [5.41, 5.74) is 14.3. The summed E-state index contributed by atoms with van der Waals surface area (Å²) in [6, 6.07) is 0.120. The molecule has 0 bridgehead atoms. The van der Waals surface area contributed by atoms with Gasteiger partial charge in [0, 0.05) is 31.0 Å². The number of nitrogens with zero attached hydrogens (tertiary/aromatic N) is 3. The Morgan fingerprint density at radius 1 is 1.26 bits per heavy atom. The molecule has 2 saturated carbocycles. The van der Waals surface area contributed by atoms with Crippen molar-refractivity contribution in [3.05, 3.63) is 17.5 Å². The van der Waals surface area contributed by atoms with Crippen LogP contribution in [-0.4, -0.2) is 45.6 Å². The molecule has 8 heteroatoms. The molecule has 1 aromatic rings. The van der Waals surface area contributed by atoms with E-state index in [1.807, 2.05) is 11.1 Å². The molecule has 4 atom stereocenters. The molecule has 4 unspecified atom stereocenters. The van der Waals surface area contributed by atoms with Crippen LogP contribution in [0.15, 0.2) is 6.20 Å². The van der Waals surface area contributed by atoms with Crippen molar-refractivity contribution in [1.29, 1.82) is 0 Å². The van der Waals surface area contributed by atoms with Crippen LogP contribution in [0.4, 0.5) is 0 Å². The van der Waals surface area contributed by atoms with Gasteiger partial charge in [0.2, 0.25) is 11.8 Å². The Balaban J connectivity index is 1.36. The molecule has 0 spiro atoms. The molecule has 8 nitrogen and oxygen atoms in total. The number of hydrogen-bond acceptors (Lipinski definition) is 5. The van der Waals surface area contributed by atoms with Crippen LogP contribution in [0, 0.1) is 17.8 Å². The summed E-state index contributed by atoms with van der Waals surface area (Å²) in [7, 11) is 0. The average Bonchev–Trinajstić information content (AvgIpc) is 3.46. The molecule has 1 saturated heterocycles. The maximum Gasteiger partial charge on any atom is 0.237 e. The second kappa shape index (κ2) is 6.60. The Hall–Kier alpha value is -1.93. The molecule has 3 fully saturated rings. The van der Waals surface area contributed by atoms with Crippen molar-refractivity contribution in [2.75, 3.05) is 13.1 Å². The van der Waals surface area contributed by atoms with Crippen molar-refractivity contribution < 1.29 is 9.59 Å². The normalized spacial score (nSPS) is 33.2. The average molecular weight is 372 g/mol. The van der Waals surface area contributed by atoms with E-state index in [-0.39, 0.29) is 29.7 Å².